The second-order valence-corrected chi connectivity index (χ2v) is 6.41. The Morgan fingerprint density at radius 2 is 1.48 bits per heavy atom. The highest BCUT2D eigenvalue weighted by atomic mass is 35.5. The van der Waals surface area contributed by atoms with Gasteiger partial charge in [-0.25, -0.2) is 4.79 Å². The molecule has 3 aromatic carbocycles. The lowest BCUT2D eigenvalue weighted by atomic mass is 10.2. The molecule has 3 aromatic rings. The quantitative estimate of drug-likeness (QED) is 0.571. The summed E-state index contributed by atoms with van der Waals surface area (Å²) in [5, 5.41) is 12.4. The van der Waals surface area contributed by atoms with Crippen LogP contribution in [-0.2, 0) is 0 Å². The molecular weight excluding hydrogens is 389 g/mol. The van der Waals surface area contributed by atoms with Gasteiger partial charge in [0.1, 0.15) is 5.75 Å². The molecule has 0 fully saturated rings. The van der Waals surface area contributed by atoms with Gasteiger partial charge < -0.3 is 15.2 Å². The maximum Gasteiger partial charge on any atom is 0.335 e. The fourth-order valence-electron chi connectivity index (χ4n) is 2.33. The first kappa shape index (κ1) is 18.8. The monoisotopic (exact) mass is 401 g/mol. The number of nitrogens with one attached hydrogen (secondary N) is 1. The van der Waals surface area contributed by atoms with Crippen molar-refractivity contribution < 1.29 is 19.4 Å². The fraction of sp³-hybridized carbons (Fsp3) is 0. The Balaban J connectivity index is 1.81. The maximum atomic E-state index is 12.5. The number of hydrogen-bond acceptors (Lipinski definition) is 3. The molecule has 0 aliphatic rings. The van der Waals surface area contributed by atoms with Crippen molar-refractivity contribution in [2.24, 2.45) is 0 Å². The number of aromatic carboxylic acids is 1. The molecule has 0 atom stereocenters. The highest BCUT2D eigenvalue weighted by Gasteiger charge is 2.12. The van der Waals surface area contributed by atoms with Crippen LogP contribution < -0.4 is 10.1 Å². The van der Waals surface area contributed by atoms with E-state index in [-0.39, 0.29) is 5.56 Å². The van der Waals surface area contributed by atoms with Gasteiger partial charge in [-0.05, 0) is 54.6 Å². The number of benzene rings is 3. The summed E-state index contributed by atoms with van der Waals surface area (Å²) >= 11 is 11.9. The lowest BCUT2D eigenvalue weighted by Gasteiger charge is -2.12. The van der Waals surface area contributed by atoms with E-state index in [0.717, 1.165) is 0 Å². The summed E-state index contributed by atoms with van der Waals surface area (Å²) < 4.78 is 5.77. The third-order valence-corrected chi connectivity index (χ3v) is 4.03. The standard InChI is InChI=1S/C20H13Cl2NO4/c21-14-9-13(10-15(22)11-14)19(24)23-17-3-1-2-4-18(17)27-16-7-5-12(6-8-16)20(25)26/h1-11H,(H,23,24)(H,25,26). The number of carbonyl (C=O) groups is 2. The van der Waals surface area contributed by atoms with E-state index in [1.54, 1.807) is 36.4 Å². The average Bonchev–Trinajstić information content (AvgIpc) is 2.63. The van der Waals surface area contributed by atoms with Gasteiger partial charge in [-0.2, -0.15) is 0 Å². The molecule has 3 rings (SSSR count). The molecule has 0 unspecified atom stereocenters. The summed E-state index contributed by atoms with van der Waals surface area (Å²) in [4.78, 5) is 23.4. The van der Waals surface area contributed by atoms with Crippen molar-refractivity contribution >= 4 is 40.8 Å². The number of rotatable bonds is 5. The highest BCUT2D eigenvalue weighted by Crippen LogP contribution is 2.30. The molecule has 0 heterocycles. The molecular formula is C20H13Cl2NO4. The lowest BCUT2D eigenvalue weighted by Crippen LogP contribution is -2.12. The summed E-state index contributed by atoms with van der Waals surface area (Å²) in [5.41, 5.74) is 0.913. The van der Waals surface area contributed by atoms with Gasteiger partial charge in [0.05, 0.1) is 11.3 Å². The van der Waals surface area contributed by atoms with Gasteiger partial charge >= 0.3 is 5.97 Å². The molecule has 27 heavy (non-hydrogen) atoms. The Morgan fingerprint density at radius 1 is 0.852 bits per heavy atom. The van der Waals surface area contributed by atoms with E-state index in [1.807, 2.05) is 0 Å². The Bertz CT molecular complexity index is 983. The topological polar surface area (TPSA) is 75.6 Å². The number of anilines is 1. The van der Waals surface area contributed by atoms with Gasteiger partial charge in [0.15, 0.2) is 5.75 Å². The Kier molecular flexibility index (Phi) is 5.64. The summed E-state index contributed by atoms with van der Waals surface area (Å²) in [7, 11) is 0. The van der Waals surface area contributed by atoms with Gasteiger partial charge in [0.25, 0.3) is 5.91 Å². The van der Waals surface area contributed by atoms with Crippen molar-refractivity contribution in [3.63, 3.8) is 0 Å². The molecule has 0 saturated heterocycles. The van der Waals surface area contributed by atoms with Crippen LogP contribution in [0.5, 0.6) is 11.5 Å². The van der Waals surface area contributed by atoms with Crippen molar-refractivity contribution in [2.75, 3.05) is 5.32 Å². The van der Waals surface area contributed by atoms with E-state index in [9.17, 15) is 9.59 Å². The molecule has 7 heteroatoms. The number of amides is 1. The fourth-order valence-corrected chi connectivity index (χ4v) is 2.86. The van der Waals surface area contributed by atoms with Crippen molar-refractivity contribution in [2.45, 2.75) is 0 Å². The molecule has 136 valence electrons. The van der Waals surface area contributed by atoms with E-state index < -0.39 is 11.9 Å². The van der Waals surface area contributed by atoms with Crippen LogP contribution in [0.4, 0.5) is 5.69 Å². The van der Waals surface area contributed by atoms with Crippen LogP contribution in [0.15, 0.2) is 66.7 Å². The molecule has 0 bridgehead atoms. The summed E-state index contributed by atoms with van der Waals surface area (Å²) in [5.74, 6) is -0.569. The predicted octanol–water partition coefficient (Wildman–Crippen LogP) is 5.74. The molecule has 0 aliphatic carbocycles. The lowest BCUT2D eigenvalue weighted by molar-refractivity contribution is 0.0696. The molecule has 0 aromatic heterocycles. The van der Waals surface area contributed by atoms with Gasteiger partial charge in [-0.1, -0.05) is 35.3 Å². The smallest absolute Gasteiger partial charge is 0.335 e. The first-order chi connectivity index (χ1) is 12.9. The molecule has 5 nitrogen and oxygen atoms in total. The van der Waals surface area contributed by atoms with E-state index in [1.165, 1.54) is 30.3 Å². The van der Waals surface area contributed by atoms with Crippen molar-refractivity contribution in [3.8, 4) is 11.5 Å². The van der Waals surface area contributed by atoms with E-state index in [4.69, 9.17) is 33.0 Å². The highest BCUT2D eigenvalue weighted by molar-refractivity contribution is 6.35. The Labute approximate surface area is 165 Å². The zero-order valence-electron chi connectivity index (χ0n) is 13.8. The van der Waals surface area contributed by atoms with Gasteiger partial charge in [0.2, 0.25) is 0 Å². The summed E-state index contributed by atoms with van der Waals surface area (Å²) in [6.45, 7) is 0. The van der Waals surface area contributed by atoms with Crippen LogP contribution in [-0.4, -0.2) is 17.0 Å². The minimum atomic E-state index is -1.02. The summed E-state index contributed by atoms with van der Waals surface area (Å²) in [6, 6.07) is 17.4. The predicted molar refractivity (Wildman–Crippen MR) is 104 cm³/mol. The van der Waals surface area contributed by atoms with Crippen molar-refractivity contribution in [1.29, 1.82) is 0 Å². The maximum absolute atomic E-state index is 12.5. The molecule has 0 aliphatic heterocycles. The van der Waals surface area contributed by atoms with Gasteiger partial charge in [-0.3, -0.25) is 4.79 Å². The number of carboxylic acids is 1. The van der Waals surface area contributed by atoms with Crippen LogP contribution in [0, 0.1) is 0 Å². The van der Waals surface area contributed by atoms with Crippen LogP contribution >= 0.6 is 23.2 Å². The third-order valence-electron chi connectivity index (χ3n) is 3.59. The second-order valence-electron chi connectivity index (χ2n) is 5.54. The zero-order chi connectivity index (χ0) is 19.4. The third kappa shape index (κ3) is 4.78. The minimum Gasteiger partial charge on any atom is -0.478 e. The molecule has 0 radical (unpaired) electrons. The second kappa shape index (κ2) is 8.12. The number of para-hydroxylation sites is 2. The largest absolute Gasteiger partial charge is 0.478 e. The van der Waals surface area contributed by atoms with Gasteiger partial charge in [0, 0.05) is 15.6 Å². The summed E-state index contributed by atoms with van der Waals surface area (Å²) in [6.07, 6.45) is 0. The average molecular weight is 402 g/mol. The number of hydrogen-bond donors (Lipinski definition) is 2. The van der Waals surface area contributed by atoms with Crippen LogP contribution in [0.2, 0.25) is 10.0 Å². The first-order valence-electron chi connectivity index (χ1n) is 7.80. The van der Waals surface area contributed by atoms with Crippen molar-refractivity contribution in [3.05, 3.63) is 87.9 Å². The molecule has 0 spiro atoms. The van der Waals surface area contributed by atoms with Crippen LogP contribution in [0.1, 0.15) is 20.7 Å². The SMILES string of the molecule is O=C(O)c1ccc(Oc2ccccc2NC(=O)c2cc(Cl)cc(Cl)c2)cc1. The van der Waals surface area contributed by atoms with Crippen LogP contribution in [0.3, 0.4) is 0 Å². The minimum absolute atomic E-state index is 0.154. The molecule has 1 amide bonds. The number of halogens is 2. The van der Waals surface area contributed by atoms with E-state index in [2.05, 4.69) is 5.32 Å². The van der Waals surface area contributed by atoms with Gasteiger partial charge in [-0.15, -0.1) is 0 Å². The normalized spacial score (nSPS) is 10.3. The Hall–Kier alpha value is -3.02. The molecule has 0 saturated carbocycles. The Morgan fingerprint density at radius 3 is 2.11 bits per heavy atom. The van der Waals surface area contributed by atoms with Crippen molar-refractivity contribution in [1.82, 2.24) is 0 Å². The van der Waals surface area contributed by atoms with E-state index >= 15 is 0 Å². The molecule has 2 N–H and O–H groups in total. The van der Waals surface area contributed by atoms with E-state index in [0.29, 0.717) is 32.8 Å². The van der Waals surface area contributed by atoms with Crippen LogP contribution in [0.25, 0.3) is 0 Å². The number of ether oxygens (including phenoxy) is 1. The first-order valence-corrected chi connectivity index (χ1v) is 8.55. The number of carbonyl (C=O) groups excluding carboxylic acids is 1. The number of carboxylic acid groups (broad SMARTS) is 1. The zero-order valence-corrected chi connectivity index (χ0v) is 15.3.